The summed E-state index contributed by atoms with van der Waals surface area (Å²) in [5.74, 6) is -1.13. The van der Waals surface area contributed by atoms with Crippen molar-refractivity contribution in [2.75, 3.05) is 19.6 Å². The summed E-state index contributed by atoms with van der Waals surface area (Å²) >= 11 is 0.699. The Morgan fingerprint density at radius 1 is 1.17 bits per heavy atom. The summed E-state index contributed by atoms with van der Waals surface area (Å²) in [6, 6.07) is 6.42. The van der Waals surface area contributed by atoms with Crippen molar-refractivity contribution in [1.29, 1.82) is 0 Å². The van der Waals surface area contributed by atoms with Crippen LogP contribution < -0.4 is 5.32 Å². The number of nitrogens with one attached hydrogen (secondary N) is 1. The van der Waals surface area contributed by atoms with Crippen molar-refractivity contribution in [2.24, 2.45) is 0 Å². The van der Waals surface area contributed by atoms with Crippen molar-refractivity contribution in [3.63, 3.8) is 0 Å². The Morgan fingerprint density at radius 2 is 1.86 bits per heavy atom. The van der Waals surface area contributed by atoms with Crippen LogP contribution in [0.4, 0.5) is 13.2 Å². The standard InChI is InChI=1S/C19H22F3N3O3S/c20-19(21,22)18(28,17-24-13-6-2-3-7-14(13)29-17)12-15(26)23-9-8-16(27)25-10-4-1-5-11-25/h2-3,6-7,28H,1,4-5,8-12H2,(H,23,26). The third-order valence-electron chi connectivity index (χ3n) is 4.90. The molecule has 2 heterocycles. The van der Waals surface area contributed by atoms with Crippen molar-refractivity contribution < 1.29 is 27.9 Å². The van der Waals surface area contributed by atoms with Gasteiger partial charge >= 0.3 is 6.18 Å². The van der Waals surface area contributed by atoms with Gasteiger partial charge in [0.05, 0.1) is 16.6 Å². The number of carbonyl (C=O) groups is 2. The zero-order valence-electron chi connectivity index (χ0n) is 15.7. The van der Waals surface area contributed by atoms with Crippen molar-refractivity contribution >= 4 is 33.4 Å². The third kappa shape index (κ3) is 4.87. The van der Waals surface area contributed by atoms with Crippen LogP contribution in [0.2, 0.25) is 0 Å². The quantitative estimate of drug-likeness (QED) is 0.740. The molecule has 1 saturated heterocycles. The van der Waals surface area contributed by atoms with E-state index in [1.165, 1.54) is 0 Å². The number of amides is 2. The van der Waals surface area contributed by atoms with Crippen LogP contribution in [0.15, 0.2) is 24.3 Å². The lowest BCUT2D eigenvalue weighted by molar-refractivity contribution is -0.267. The van der Waals surface area contributed by atoms with E-state index in [2.05, 4.69) is 10.3 Å². The number of nitrogens with zero attached hydrogens (tertiary/aromatic N) is 2. The molecule has 0 radical (unpaired) electrons. The minimum absolute atomic E-state index is 0.0112. The summed E-state index contributed by atoms with van der Waals surface area (Å²) in [4.78, 5) is 29.8. The Labute approximate surface area is 169 Å². The Kier molecular flexibility index (Phi) is 6.42. The smallest absolute Gasteiger partial charge is 0.374 e. The second-order valence-corrected chi connectivity index (χ2v) is 8.09. The minimum atomic E-state index is -5.08. The molecule has 2 aromatic rings. The molecule has 0 saturated carbocycles. The first-order valence-corrected chi connectivity index (χ1v) is 10.2. The number of thiazole rings is 1. The predicted octanol–water partition coefficient (Wildman–Crippen LogP) is 2.96. The van der Waals surface area contributed by atoms with Crippen LogP contribution in [0.1, 0.15) is 37.1 Å². The minimum Gasteiger partial charge on any atom is -0.374 e. The second kappa shape index (κ2) is 8.66. The molecule has 6 nitrogen and oxygen atoms in total. The Hall–Kier alpha value is -2.20. The molecule has 29 heavy (non-hydrogen) atoms. The van der Waals surface area contributed by atoms with Gasteiger partial charge in [0.1, 0.15) is 5.01 Å². The molecule has 1 aliphatic heterocycles. The molecule has 1 aromatic heterocycles. The van der Waals surface area contributed by atoms with Gasteiger partial charge in [-0.1, -0.05) is 12.1 Å². The number of aromatic nitrogens is 1. The SMILES string of the molecule is O=C(CC(O)(c1nc2ccccc2s1)C(F)(F)F)NCCC(=O)N1CCCCC1. The van der Waals surface area contributed by atoms with E-state index in [1.807, 2.05) is 0 Å². The lowest BCUT2D eigenvalue weighted by Gasteiger charge is -2.28. The van der Waals surface area contributed by atoms with Gasteiger partial charge in [-0.3, -0.25) is 9.59 Å². The molecule has 1 aliphatic rings. The summed E-state index contributed by atoms with van der Waals surface area (Å²) in [5, 5.41) is 12.1. The van der Waals surface area contributed by atoms with Gasteiger partial charge in [-0.2, -0.15) is 13.2 Å². The van der Waals surface area contributed by atoms with E-state index in [4.69, 9.17) is 0 Å². The molecule has 0 aliphatic carbocycles. The number of carbonyl (C=O) groups excluding carboxylic acids is 2. The van der Waals surface area contributed by atoms with E-state index in [9.17, 15) is 27.9 Å². The Balaban J connectivity index is 1.63. The van der Waals surface area contributed by atoms with E-state index >= 15 is 0 Å². The first-order chi connectivity index (χ1) is 13.7. The first kappa shape index (κ1) is 21.5. The number of fused-ring (bicyclic) bond motifs is 1. The van der Waals surface area contributed by atoms with Gasteiger partial charge in [-0.25, -0.2) is 4.98 Å². The van der Waals surface area contributed by atoms with Crippen LogP contribution in [0, 0.1) is 0 Å². The third-order valence-corrected chi connectivity index (χ3v) is 6.09. The molecular weight excluding hydrogens is 407 g/mol. The fourth-order valence-electron chi connectivity index (χ4n) is 3.25. The highest BCUT2D eigenvalue weighted by Gasteiger charge is 2.58. The average molecular weight is 429 g/mol. The number of benzene rings is 1. The van der Waals surface area contributed by atoms with E-state index < -0.39 is 29.1 Å². The maximum absolute atomic E-state index is 13.6. The van der Waals surface area contributed by atoms with Crippen LogP contribution in [-0.4, -0.2) is 52.6 Å². The number of hydrogen-bond donors (Lipinski definition) is 2. The van der Waals surface area contributed by atoms with Crippen LogP contribution >= 0.6 is 11.3 Å². The maximum Gasteiger partial charge on any atom is 0.424 e. The number of alkyl halides is 3. The van der Waals surface area contributed by atoms with Crippen LogP contribution in [-0.2, 0) is 15.2 Å². The molecule has 1 unspecified atom stereocenters. The van der Waals surface area contributed by atoms with Crippen molar-refractivity contribution in [2.45, 2.75) is 43.9 Å². The van der Waals surface area contributed by atoms with Gasteiger partial charge in [0, 0.05) is 26.1 Å². The summed E-state index contributed by atoms with van der Waals surface area (Å²) in [6.45, 7) is 1.25. The van der Waals surface area contributed by atoms with Crippen LogP contribution in [0.5, 0.6) is 0 Å². The molecule has 10 heteroatoms. The molecule has 158 valence electrons. The van der Waals surface area contributed by atoms with Gasteiger partial charge in [-0.05, 0) is 31.4 Å². The van der Waals surface area contributed by atoms with E-state index in [0.29, 0.717) is 34.6 Å². The Bertz CT molecular complexity index is 847. The van der Waals surface area contributed by atoms with E-state index in [-0.39, 0.29) is 18.9 Å². The predicted molar refractivity (Wildman–Crippen MR) is 102 cm³/mol. The number of hydrogen-bond acceptors (Lipinski definition) is 5. The van der Waals surface area contributed by atoms with Crippen molar-refractivity contribution in [1.82, 2.24) is 15.2 Å². The highest BCUT2D eigenvalue weighted by molar-refractivity contribution is 7.18. The molecule has 1 fully saturated rings. The van der Waals surface area contributed by atoms with E-state index in [1.54, 1.807) is 29.2 Å². The molecule has 0 bridgehead atoms. The van der Waals surface area contributed by atoms with Crippen LogP contribution in [0.25, 0.3) is 10.2 Å². The summed E-state index contributed by atoms with van der Waals surface area (Å²) < 4.78 is 41.4. The molecule has 2 N–H and O–H groups in total. The normalized spacial score (nSPS) is 17.2. The van der Waals surface area contributed by atoms with Gasteiger partial charge in [0.25, 0.3) is 0 Å². The zero-order chi connectivity index (χ0) is 21.1. The van der Waals surface area contributed by atoms with Gasteiger partial charge in [-0.15, -0.1) is 11.3 Å². The van der Waals surface area contributed by atoms with Crippen molar-refractivity contribution in [3.8, 4) is 0 Å². The lowest BCUT2D eigenvalue weighted by Crippen LogP contribution is -2.46. The molecular formula is C19H22F3N3O3S. The van der Waals surface area contributed by atoms with Crippen molar-refractivity contribution in [3.05, 3.63) is 29.3 Å². The van der Waals surface area contributed by atoms with Gasteiger partial charge < -0.3 is 15.3 Å². The summed E-state index contributed by atoms with van der Waals surface area (Å²) in [7, 11) is 0. The zero-order valence-corrected chi connectivity index (χ0v) is 16.5. The topological polar surface area (TPSA) is 82.5 Å². The fraction of sp³-hybridized carbons (Fsp3) is 0.526. The van der Waals surface area contributed by atoms with E-state index in [0.717, 1.165) is 19.3 Å². The first-order valence-electron chi connectivity index (χ1n) is 9.40. The summed E-state index contributed by atoms with van der Waals surface area (Å²) in [6.07, 6.45) is -3.35. The number of aliphatic hydroxyl groups is 1. The lowest BCUT2D eigenvalue weighted by atomic mass is 9.99. The molecule has 3 rings (SSSR count). The molecule has 1 atom stereocenters. The average Bonchev–Trinajstić information content (AvgIpc) is 3.12. The number of halogens is 3. The molecule has 0 spiro atoms. The number of piperidine rings is 1. The Morgan fingerprint density at radius 3 is 2.52 bits per heavy atom. The fourth-order valence-corrected chi connectivity index (χ4v) is 4.33. The monoisotopic (exact) mass is 429 g/mol. The number of rotatable bonds is 6. The molecule has 1 aromatic carbocycles. The highest BCUT2D eigenvalue weighted by atomic mass is 32.1. The van der Waals surface area contributed by atoms with Gasteiger partial charge in [0.15, 0.2) is 0 Å². The second-order valence-electron chi connectivity index (χ2n) is 7.06. The molecule has 2 amide bonds. The van der Waals surface area contributed by atoms with Crippen LogP contribution in [0.3, 0.4) is 0 Å². The highest BCUT2D eigenvalue weighted by Crippen LogP contribution is 2.44. The largest absolute Gasteiger partial charge is 0.424 e. The maximum atomic E-state index is 13.6. The summed E-state index contributed by atoms with van der Waals surface area (Å²) in [5.41, 5.74) is -3.07. The number of likely N-dealkylation sites (tertiary alicyclic amines) is 1. The van der Waals surface area contributed by atoms with Gasteiger partial charge in [0.2, 0.25) is 17.4 Å². The number of para-hydroxylation sites is 1.